The van der Waals surface area contributed by atoms with Crippen LogP contribution in [0.3, 0.4) is 0 Å². The minimum atomic E-state index is -0.247. The van der Waals surface area contributed by atoms with Crippen LogP contribution in [0.5, 0.6) is 0 Å². The van der Waals surface area contributed by atoms with Crippen LogP contribution in [0.25, 0.3) is 11.5 Å². The van der Waals surface area contributed by atoms with Gasteiger partial charge in [0, 0.05) is 16.1 Å². The molecule has 1 amide bonds. The van der Waals surface area contributed by atoms with E-state index in [1.165, 1.54) is 0 Å². The number of amides is 1. The molecule has 0 bridgehead atoms. The van der Waals surface area contributed by atoms with Crippen molar-refractivity contribution >= 4 is 29.7 Å². The molecular weight excluding hydrogens is 348 g/mol. The number of carbonyl (C=O) groups excluding carboxylic acids is 1. The number of likely N-dealkylation sites (N-methyl/N-ethyl adjacent to an activating group) is 1. The van der Waals surface area contributed by atoms with Crippen molar-refractivity contribution in [2.24, 2.45) is 0 Å². The number of rotatable bonds is 5. The van der Waals surface area contributed by atoms with Crippen LogP contribution in [0, 0.1) is 4.84 Å². The van der Waals surface area contributed by atoms with Crippen molar-refractivity contribution < 1.29 is 14.1 Å². The smallest absolute Gasteiger partial charge is 0.292 e. The van der Waals surface area contributed by atoms with Gasteiger partial charge in [-0.2, -0.15) is 4.68 Å². The van der Waals surface area contributed by atoms with Gasteiger partial charge in [0.2, 0.25) is 5.89 Å². The van der Waals surface area contributed by atoms with Gasteiger partial charge < -0.3 is 14.6 Å². The third-order valence-corrected chi connectivity index (χ3v) is 3.64. The summed E-state index contributed by atoms with van der Waals surface area (Å²) in [5.41, 5.74) is 0.552. The van der Waals surface area contributed by atoms with E-state index in [0.29, 0.717) is 24.1 Å². The maximum Gasteiger partial charge on any atom is 0.292 e. The predicted octanol–water partition coefficient (Wildman–Crippen LogP) is 1.91. The molecule has 1 aromatic heterocycles. The molecule has 2 rings (SSSR count). The van der Waals surface area contributed by atoms with Gasteiger partial charge in [-0.25, -0.2) is 0 Å². The van der Waals surface area contributed by atoms with Gasteiger partial charge in [0.25, 0.3) is 10.7 Å². The zero-order chi connectivity index (χ0) is 17.9. The highest BCUT2D eigenvalue weighted by Crippen LogP contribution is 2.19. The summed E-state index contributed by atoms with van der Waals surface area (Å²) in [6.07, 6.45) is 0. The number of hydrogen-bond donors (Lipinski definition) is 2. The zero-order valence-electron chi connectivity index (χ0n) is 14.2. The van der Waals surface area contributed by atoms with Gasteiger partial charge in [-0.3, -0.25) is 4.79 Å². The molecule has 24 heavy (non-hydrogen) atoms. The molecule has 0 aliphatic carbocycles. The summed E-state index contributed by atoms with van der Waals surface area (Å²) in [4.78, 5) is 13.2. The number of nitrogens with zero attached hydrogens (tertiary/aromatic N) is 2. The minimum Gasteiger partial charge on any atom is -0.409 e. The Morgan fingerprint density at radius 1 is 1.38 bits per heavy atom. The van der Waals surface area contributed by atoms with Crippen LogP contribution in [-0.2, 0) is 11.5 Å². The number of nitrogens with one attached hydrogen (secondary N) is 2. The average molecular weight is 370 g/mol. The molecule has 0 aliphatic heterocycles. The summed E-state index contributed by atoms with van der Waals surface area (Å²) in [7, 11) is 1.90. The maximum atomic E-state index is 12.0. The molecule has 0 saturated carbocycles. The molecule has 0 saturated heterocycles. The molecule has 0 spiro atoms. The van der Waals surface area contributed by atoms with E-state index >= 15 is 0 Å². The van der Waals surface area contributed by atoms with Gasteiger partial charge >= 0.3 is 0 Å². The topological polar surface area (TPSA) is 64.5 Å². The highest BCUT2D eigenvalue weighted by atomic mass is 35.5. The molecule has 130 valence electrons. The van der Waals surface area contributed by atoms with Crippen LogP contribution in [0.15, 0.2) is 28.7 Å². The number of quaternary nitrogens is 1. The standard InChI is InChI=1S/C16H21ClN4O2S/c1-16(2,3)18-13(22)9-20(4)10-21-15(24)23-14(19-21)11-5-7-12(17)8-6-11/h5-8H,9-10H2,1-4H3,(H,18,22)/p+1. The van der Waals surface area contributed by atoms with Crippen LogP contribution in [0.1, 0.15) is 20.8 Å². The molecule has 8 heteroatoms. The Balaban J connectivity index is 2.04. The Kier molecular flexibility index (Phi) is 5.79. The first-order valence-electron chi connectivity index (χ1n) is 7.60. The molecular formula is C16H22ClN4O2S+. The number of carbonyl (C=O) groups is 1. The van der Waals surface area contributed by atoms with E-state index in [1.54, 1.807) is 16.8 Å². The number of halogens is 1. The first-order chi connectivity index (χ1) is 11.1. The highest BCUT2D eigenvalue weighted by molar-refractivity contribution is 7.71. The molecule has 0 radical (unpaired) electrons. The van der Waals surface area contributed by atoms with E-state index in [2.05, 4.69) is 10.4 Å². The van der Waals surface area contributed by atoms with Crippen molar-refractivity contribution in [3.8, 4) is 11.5 Å². The Morgan fingerprint density at radius 3 is 2.58 bits per heavy atom. The van der Waals surface area contributed by atoms with Crippen molar-refractivity contribution in [3.05, 3.63) is 34.1 Å². The third-order valence-electron chi connectivity index (χ3n) is 3.09. The first kappa shape index (κ1) is 18.6. The normalized spacial score (nSPS) is 12.9. The predicted molar refractivity (Wildman–Crippen MR) is 95.4 cm³/mol. The molecule has 0 fully saturated rings. The Bertz CT molecular complexity index is 762. The molecule has 1 unspecified atom stereocenters. The summed E-state index contributed by atoms with van der Waals surface area (Å²) in [5, 5.41) is 7.96. The van der Waals surface area contributed by atoms with Crippen molar-refractivity contribution in [2.45, 2.75) is 33.0 Å². The van der Waals surface area contributed by atoms with Crippen LogP contribution in [0.4, 0.5) is 0 Å². The molecule has 1 aromatic carbocycles. The second kappa shape index (κ2) is 7.46. The van der Waals surface area contributed by atoms with Crippen LogP contribution < -0.4 is 10.2 Å². The molecule has 6 nitrogen and oxygen atoms in total. The first-order valence-corrected chi connectivity index (χ1v) is 8.39. The van der Waals surface area contributed by atoms with Gasteiger partial charge in [-0.1, -0.05) is 11.6 Å². The fourth-order valence-electron chi connectivity index (χ4n) is 2.16. The SMILES string of the molecule is C[NH+](CC(=O)NC(C)(C)C)Cn1nc(-c2ccc(Cl)cc2)oc1=S. The molecule has 2 aromatic rings. The molecule has 1 atom stereocenters. The Morgan fingerprint density at radius 2 is 2.00 bits per heavy atom. The van der Waals surface area contributed by atoms with E-state index in [4.69, 9.17) is 28.2 Å². The van der Waals surface area contributed by atoms with E-state index in [1.807, 2.05) is 40.0 Å². The van der Waals surface area contributed by atoms with Crippen molar-refractivity contribution in [2.75, 3.05) is 13.6 Å². The fraction of sp³-hybridized carbons (Fsp3) is 0.438. The summed E-state index contributed by atoms with van der Waals surface area (Å²) in [5.74, 6) is 0.413. The monoisotopic (exact) mass is 369 g/mol. The molecule has 0 aliphatic rings. The average Bonchev–Trinajstić information content (AvgIpc) is 2.78. The van der Waals surface area contributed by atoms with Gasteiger partial charge in [0.05, 0.1) is 7.05 Å². The number of benzene rings is 1. The highest BCUT2D eigenvalue weighted by Gasteiger charge is 2.18. The Hall–Kier alpha value is -1.70. The van der Waals surface area contributed by atoms with Gasteiger partial charge in [-0.05, 0) is 57.3 Å². The lowest BCUT2D eigenvalue weighted by molar-refractivity contribution is -0.895. The third kappa shape index (κ3) is 5.43. The van der Waals surface area contributed by atoms with E-state index in [9.17, 15) is 4.79 Å². The number of hydrogen-bond acceptors (Lipinski definition) is 4. The van der Waals surface area contributed by atoms with Gasteiger partial charge in [0.1, 0.15) is 0 Å². The summed E-state index contributed by atoms with van der Waals surface area (Å²) >= 11 is 11.1. The maximum absolute atomic E-state index is 12.0. The van der Waals surface area contributed by atoms with E-state index < -0.39 is 0 Å². The van der Waals surface area contributed by atoms with Gasteiger partial charge in [0.15, 0.2) is 13.2 Å². The van der Waals surface area contributed by atoms with Crippen molar-refractivity contribution in [3.63, 3.8) is 0 Å². The fourth-order valence-corrected chi connectivity index (χ4v) is 2.47. The van der Waals surface area contributed by atoms with Gasteiger partial charge in [-0.15, -0.1) is 5.10 Å². The van der Waals surface area contributed by atoms with Crippen LogP contribution >= 0.6 is 23.8 Å². The lowest BCUT2D eigenvalue weighted by Crippen LogP contribution is -3.09. The summed E-state index contributed by atoms with van der Waals surface area (Å²) in [6, 6.07) is 7.17. The molecule has 1 heterocycles. The second-order valence-electron chi connectivity index (χ2n) is 6.77. The molecule has 2 N–H and O–H groups in total. The minimum absolute atomic E-state index is 0.0204. The van der Waals surface area contributed by atoms with Crippen molar-refractivity contribution in [1.29, 1.82) is 0 Å². The van der Waals surface area contributed by atoms with E-state index in [-0.39, 0.29) is 16.3 Å². The largest absolute Gasteiger partial charge is 0.409 e. The summed E-state index contributed by atoms with van der Waals surface area (Å²) < 4.78 is 7.12. The Labute approximate surface area is 151 Å². The quantitative estimate of drug-likeness (QED) is 0.790. The lowest BCUT2D eigenvalue weighted by Gasteiger charge is -2.21. The zero-order valence-corrected chi connectivity index (χ0v) is 15.8. The summed E-state index contributed by atoms with van der Waals surface area (Å²) in [6.45, 7) is 6.61. The second-order valence-corrected chi connectivity index (χ2v) is 7.56. The van der Waals surface area contributed by atoms with Crippen LogP contribution in [-0.4, -0.2) is 34.8 Å². The van der Waals surface area contributed by atoms with E-state index in [0.717, 1.165) is 10.5 Å². The van der Waals surface area contributed by atoms with Crippen LogP contribution in [0.2, 0.25) is 5.02 Å². The lowest BCUT2D eigenvalue weighted by atomic mass is 10.1. The number of aromatic nitrogens is 2. The van der Waals surface area contributed by atoms with Crippen molar-refractivity contribution in [1.82, 2.24) is 15.1 Å².